The zero-order valence-corrected chi connectivity index (χ0v) is 10.3. The topological polar surface area (TPSA) is 43.4 Å². The van der Waals surface area contributed by atoms with Crippen molar-refractivity contribution >= 4 is 19.7 Å². The smallest absolute Gasteiger partial charge is 0.236 e. The van der Waals surface area contributed by atoms with E-state index >= 15 is 0 Å². The van der Waals surface area contributed by atoms with E-state index in [1.54, 1.807) is 18.2 Å². The molecule has 1 fully saturated rings. The molecule has 0 bridgehead atoms. The highest BCUT2D eigenvalue weighted by Crippen LogP contribution is 2.28. The average Bonchev–Trinajstić information content (AvgIpc) is 2.11. The first kappa shape index (κ1) is 11.7. The molecule has 0 aromatic heterocycles. The van der Waals surface area contributed by atoms with Gasteiger partial charge in [-0.1, -0.05) is 18.2 Å². The molecule has 1 aromatic rings. The number of benzene rings is 1. The standard InChI is InChI=1S/C11H13ClO3S/c12-16(13,14)8-9-4-1-2-7-11(9)15-10-5-3-6-10/h1-2,4,7,10H,3,5-6,8H2. The largest absolute Gasteiger partial charge is 0.490 e. The van der Waals surface area contributed by atoms with E-state index in [4.69, 9.17) is 15.4 Å². The Kier molecular flexibility index (Phi) is 3.40. The molecule has 1 aromatic carbocycles. The molecular formula is C11H13ClO3S. The van der Waals surface area contributed by atoms with E-state index in [1.165, 1.54) is 6.42 Å². The van der Waals surface area contributed by atoms with Crippen molar-refractivity contribution in [3.05, 3.63) is 29.8 Å². The predicted molar refractivity (Wildman–Crippen MR) is 63.2 cm³/mol. The highest BCUT2D eigenvalue weighted by molar-refractivity contribution is 8.13. The van der Waals surface area contributed by atoms with Crippen molar-refractivity contribution in [1.82, 2.24) is 0 Å². The quantitative estimate of drug-likeness (QED) is 0.782. The van der Waals surface area contributed by atoms with Crippen molar-refractivity contribution in [3.8, 4) is 5.75 Å². The van der Waals surface area contributed by atoms with Gasteiger partial charge in [0.25, 0.3) is 0 Å². The Bertz CT molecular complexity index is 466. The number of ether oxygens (including phenoxy) is 1. The third-order valence-corrected chi connectivity index (χ3v) is 3.63. The normalized spacial score (nSPS) is 16.8. The molecule has 88 valence electrons. The van der Waals surface area contributed by atoms with Gasteiger partial charge in [0.15, 0.2) is 0 Å². The van der Waals surface area contributed by atoms with Gasteiger partial charge >= 0.3 is 0 Å². The lowest BCUT2D eigenvalue weighted by Crippen LogP contribution is -2.25. The number of halogens is 1. The minimum absolute atomic E-state index is 0.183. The molecule has 0 amide bonds. The second-order valence-corrected chi connectivity index (χ2v) is 6.74. The second-order valence-electron chi connectivity index (χ2n) is 3.96. The molecule has 2 rings (SSSR count). The third-order valence-electron chi connectivity index (χ3n) is 2.65. The zero-order valence-electron chi connectivity index (χ0n) is 8.73. The van der Waals surface area contributed by atoms with Gasteiger partial charge in [-0.25, -0.2) is 8.42 Å². The number of hydrogen-bond donors (Lipinski definition) is 0. The van der Waals surface area contributed by atoms with Crippen molar-refractivity contribution in [3.63, 3.8) is 0 Å². The van der Waals surface area contributed by atoms with Crippen LogP contribution in [-0.4, -0.2) is 14.5 Å². The van der Waals surface area contributed by atoms with Crippen LogP contribution in [0.25, 0.3) is 0 Å². The van der Waals surface area contributed by atoms with Gasteiger partial charge in [0.05, 0.1) is 11.9 Å². The molecule has 0 atom stereocenters. The van der Waals surface area contributed by atoms with E-state index in [0.29, 0.717) is 11.3 Å². The summed E-state index contributed by atoms with van der Waals surface area (Å²) >= 11 is 0. The molecule has 16 heavy (non-hydrogen) atoms. The lowest BCUT2D eigenvalue weighted by atomic mass is 9.96. The number of hydrogen-bond acceptors (Lipinski definition) is 3. The minimum atomic E-state index is -3.53. The predicted octanol–water partition coefficient (Wildman–Crippen LogP) is 2.69. The minimum Gasteiger partial charge on any atom is -0.490 e. The lowest BCUT2D eigenvalue weighted by molar-refractivity contribution is 0.119. The molecule has 1 aliphatic rings. The van der Waals surface area contributed by atoms with Gasteiger partial charge in [-0.05, 0) is 25.3 Å². The molecule has 1 aliphatic carbocycles. The maximum absolute atomic E-state index is 11.0. The summed E-state index contributed by atoms with van der Waals surface area (Å²) in [5.41, 5.74) is 0.629. The molecule has 1 saturated carbocycles. The van der Waals surface area contributed by atoms with E-state index in [-0.39, 0.29) is 11.9 Å². The molecule has 0 spiro atoms. The van der Waals surface area contributed by atoms with E-state index in [0.717, 1.165) is 12.8 Å². The Morgan fingerprint density at radius 3 is 2.56 bits per heavy atom. The van der Waals surface area contributed by atoms with Gasteiger partial charge in [0.2, 0.25) is 9.05 Å². The van der Waals surface area contributed by atoms with Gasteiger partial charge < -0.3 is 4.74 Å². The Labute approximate surface area is 99.8 Å². The average molecular weight is 261 g/mol. The molecule has 0 saturated heterocycles. The van der Waals surface area contributed by atoms with Crippen molar-refractivity contribution in [2.45, 2.75) is 31.1 Å². The fourth-order valence-electron chi connectivity index (χ4n) is 1.59. The summed E-state index contributed by atoms with van der Waals surface area (Å²) in [5.74, 6) is 0.452. The third kappa shape index (κ3) is 3.12. The van der Waals surface area contributed by atoms with E-state index in [2.05, 4.69) is 0 Å². The van der Waals surface area contributed by atoms with Gasteiger partial charge in [0, 0.05) is 16.2 Å². The fourth-order valence-corrected chi connectivity index (χ4v) is 2.55. The van der Waals surface area contributed by atoms with Crippen LogP contribution in [0.15, 0.2) is 24.3 Å². The van der Waals surface area contributed by atoms with E-state index in [1.807, 2.05) is 6.07 Å². The fraction of sp³-hybridized carbons (Fsp3) is 0.455. The van der Waals surface area contributed by atoms with Gasteiger partial charge in [-0.15, -0.1) is 0 Å². The summed E-state index contributed by atoms with van der Waals surface area (Å²) in [4.78, 5) is 0. The molecule has 0 radical (unpaired) electrons. The van der Waals surface area contributed by atoms with Crippen molar-refractivity contribution in [2.24, 2.45) is 0 Å². The molecule has 0 aliphatic heterocycles. The molecule has 5 heteroatoms. The first-order chi connectivity index (χ1) is 7.54. The monoisotopic (exact) mass is 260 g/mol. The molecule has 0 unspecified atom stereocenters. The zero-order chi connectivity index (χ0) is 11.6. The molecular weight excluding hydrogens is 248 g/mol. The van der Waals surface area contributed by atoms with Crippen LogP contribution in [0.1, 0.15) is 24.8 Å². The first-order valence-corrected chi connectivity index (χ1v) is 7.69. The summed E-state index contributed by atoms with van der Waals surface area (Å²) in [5, 5.41) is 0. The second kappa shape index (κ2) is 4.63. The van der Waals surface area contributed by atoms with E-state index in [9.17, 15) is 8.42 Å². The van der Waals surface area contributed by atoms with Crippen LogP contribution in [0.4, 0.5) is 0 Å². The molecule has 0 N–H and O–H groups in total. The maximum Gasteiger partial charge on any atom is 0.236 e. The van der Waals surface area contributed by atoms with Crippen LogP contribution in [0.2, 0.25) is 0 Å². The Balaban J connectivity index is 2.16. The van der Waals surface area contributed by atoms with Crippen LogP contribution in [0.5, 0.6) is 5.75 Å². The van der Waals surface area contributed by atoms with Crippen LogP contribution in [0.3, 0.4) is 0 Å². The van der Waals surface area contributed by atoms with Crippen LogP contribution in [-0.2, 0) is 14.8 Å². The first-order valence-electron chi connectivity index (χ1n) is 5.21. The van der Waals surface area contributed by atoms with Gasteiger partial charge in [-0.3, -0.25) is 0 Å². The maximum atomic E-state index is 11.0. The summed E-state index contributed by atoms with van der Waals surface area (Å²) in [6, 6.07) is 7.13. The van der Waals surface area contributed by atoms with E-state index < -0.39 is 9.05 Å². The highest BCUT2D eigenvalue weighted by Gasteiger charge is 2.21. The number of rotatable bonds is 4. The van der Waals surface area contributed by atoms with Gasteiger partial charge in [-0.2, -0.15) is 0 Å². The number of para-hydroxylation sites is 1. The molecule has 0 heterocycles. The van der Waals surface area contributed by atoms with Gasteiger partial charge in [0.1, 0.15) is 5.75 Å². The summed E-state index contributed by atoms with van der Waals surface area (Å²) in [6.07, 6.45) is 3.50. The summed E-state index contributed by atoms with van der Waals surface area (Å²) in [6.45, 7) is 0. The molecule has 3 nitrogen and oxygen atoms in total. The van der Waals surface area contributed by atoms with Crippen molar-refractivity contribution in [1.29, 1.82) is 0 Å². The summed E-state index contributed by atoms with van der Waals surface area (Å²) in [7, 11) is 1.71. The van der Waals surface area contributed by atoms with Crippen molar-refractivity contribution in [2.75, 3.05) is 0 Å². The Morgan fingerprint density at radius 2 is 2.00 bits per heavy atom. The Hall–Kier alpha value is -0.740. The van der Waals surface area contributed by atoms with Crippen molar-refractivity contribution < 1.29 is 13.2 Å². The Morgan fingerprint density at radius 1 is 1.31 bits per heavy atom. The van der Waals surface area contributed by atoms with Crippen LogP contribution >= 0.6 is 10.7 Å². The SMILES string of the molecule is O=S(=O)(Cl)Cc1ccccc1OC1CCC1. The van der Waals surface area contributed by atoms with Crippen LogP contribution in [0, 0.1) is 0 Å². The highest BCUT2D eigenvalue weighted by atomic mass is 35.7. The lowest BCUT2D eigenvalue weighted by Gasteiger charge is -2.27. The summed E-state index contributed by atoms with van der Waals surface area (Å²) < 4.78 is 27.8. The van der Waals surface area contributed by atoms with Crippen LogP contribution < -0.4 is 4.74 Å².